The first-order valence-corrected chi connectivity index (χ1v) is 15.4. The summed E-state index contributed by atoms with van der Waals surface area (Å²) in [6.07, 6.45) is 5.81. The van der Waals surface area contributed by atoms with Crippen LogP contribution in [0, 0.1) is 13.8 Å². The first-order valence-electron chi connectivity index (χ1n) is 15.0. The van der Waals surface area contributed by atoms with Gasteiger partial charge in [-0.05, 0) is 85.0 Å². The molecule has 3 N–H and O–H groups in total. The molecule has 0 fully saturated rings. The van der Waals surface area contributed by atoms with Gasteiger partial charge in [-0.25, -0.2) is 14.5 Å². The van der Waals surface area contributed by atoms with Crippen molar-refractivity contribution >= 4 is 39.7 Å². The van der Waals surface area contributed by atoms with E-state index in [-0.39, 0.29) is 12.7 Å². The number of rotatable bonds is 10. The topological polar surface area (TPSA) is 112 Å². The normalized spacial score (nSPS) is 12.4. The Morgan fingerprint density at radius 3 is 2.51 bits per heavy atom. The maximum absolute atomic E-state index is 10.0. The standard InChI is InChI=1S/C35H36ClN7O2/c1-5-26(45)19-42(4)17-23-14-25-12-13-37-34(32(25)38-16-23)39-31-11-7-9-28(22(31)3)27-8-6-10-29(21(27)2)33-40-35-30(36)15-24(20-44)18-43(35)41-33/h6-16,18,26,44-45H,5,17,19-20H2,1-4H3,(H,37,39)/t26-/m1/s1. The van der Waals surface area contributed by atoms with Crippen molar-refractivity contribution in [3.05, 3.63) is 100 Å². The molecule has 0 aliphatic carbocycles. The summed E-state index contributed by atoms with van der Waals surface area (Å²) in [5.74, 6) is 1.25. The summed E-state index contributed by atoms with van der Waals surface area (Å²) in [5, 5.41) is 29.2. The minimum Gasteiger partial charge on any atom is -0.392 e. The number of likely N-dealkylation sites (N-methyl/N-ethyl adjacent to an activating group) is 1. The summed E-state index contributed by atoms with van der Waals surface area (Å²) in [6.45, 7) is 7.35. The minimum absolute atomic E-state index is 0.128. The van der Waals surface area contributed by atoms with Crippen molar-refractivity contribution in [3.63, 3.8) is 0 Å². The van der Waals surface area contributed by atoms with Crippen LogP contribution in [0.25, 0.3) is 39.1 Å². The van der Waals surface area contributed by atoms with Gasteiger partial charge < -0.3 is 15.5 Å². The predicted octanol–water partition coefficient (Wildman–Crippen LogP) is 6.72. The van der Waals surface area contributed by atoms with E-state index in [1.807, 2.05) is 50.5 Å². The molecule has 0 unspecified atom stereocenters. The molecule has 9 nitrogen and oxygen atoms in total. The van der Waals surface area contributed by atoms with Gasteiger partial charge in [-0.2, -0.15) is 0 Å². The third-order valence-electron chi connectivity index (χ3n) is 8.18. The van der Waals surface area contributed by atoms with Crippen LogP contribution in [-0.2, 0) is 13.2 Å². The molecular formula is C35H36ClN7O2. The number of hydrogen-bond donors (Lipinski definition) is 3. The number of nitrogens with zero attached hydrogens (tertiary/aromatic N) is 6. The average molecular weight is 622 g/mol. The number of hydrogen-bond acceptors (Lipinski definition) is 8. The van der Waals surface area contributed by atoms with E-state index < -0.39 is 0 Å². The Morgan fingerprint density at radius 2 is 1.73 bits per heavy atom. The molecule has 0 saturated heterocycles. The van der Waals surface area contributed by atoms with Crippen molar-refractivity contribution in [1.29, 1.82) is 0 Å². The summed E-state index contributed by atoms with van der Waals surface area (Å²) >= 11 is 6.44. The van der Waals surface area contributed by atoms with E-state index in [2.05, 4.69) is 52.3 Å². The number of pyridine rings is 3. The maximum Gasteiger partial charge on any atom is 0.182 e. The molecule has 0 radical (unpaired) electrons. The van der Waals surface area contributed by atoms with Gasteiger partial charge in [-0.3, -0.25) is 9.88 Å². The summed E-state index contributed by atoms with van der Waals surface area (Å²) in [7, 11) is 2.01. The van der Waals surface area contributed by atoms with Gasteiger partial charge in [0, 0.05) is 48.3 Å². The fraction of sp³-hybridized carbons (Fsp3) is 0.257. The van der Waals surface area contributed by atoms with Gasteiger partial charge >= 0.3 is 0 Å². The van der Waals surface area contributed by atoms with Crippen LogP contribution in [0.15, 0.2) is 73.2 Å². The number of aliphatic hydroxyl groups is 2. The smallest absolute Gasteiger partial charge is 0.182 e. The second-order valence-corrected chi connectivity index (χ2v) is 11.9. The molecule has 0 spiro atoms. The van der Waals surface area contributed by atoms with Crippen LogP contribution < -0.4 is 5.32 Å². The molecule has 0 bridgehead atoms. The summed E-state index contributed by atoms with van der Waals surface area (Å²) in [4.78, 5) is 16.2. The third kappa shape index (κ3) is 6.25. The predicted molar refractivity (Wildman–Crippen MR) is 180 cm³/mol. The van der Waals surface area contributed by atoms with Crippen LogP contribution >= 0.6 is 11.6 Å². The maximum atomic E-state index is 10.0. The molecule has 0 amide bonds. The lowest BCUT2D eigenvalue weighted by atomic mass is 9.92. The summed E-state index contributed by atoms with van der Waals surface area (Å²) in [6, 6.07) is 18.1. The SMILES string of the molecule is CC[C@@H](O)CN(C)Cc1cnc2c(Nc3cccc(-c4cccc(-c5nc6c(Cl)cc(CO)cn6n5)c4C)c3C)nccc2c1. The molecule has 0 saturated carbocycles. The first-order chi connectivity index (χ1) is 21.7. The van der Waals surface area contributed by atoms with Gasteiger partial charge in [0.2, 0.25) is 0 Å². The largest absolute Gasteiger partial charge is 0.392 e. The monoisotopic (exact) mass is 621 g/mol. The zero-order chi connectivity index (χ0) is 31.7. The minimum atomic E-state index is -0.337. The Balaban J connectivity index is 1.30. The highest BCUT2D eigenvalue weighted by Crippen LogP contribution is 2.36. The highest BCUT2D eigenvalue weighted by molar-refractivity contribution is 6.33. The zero-order valence-corrected chi connectivity index (χ0v) is 26.5. The second kappa shape index (κ2) is 12.9. The molecule has 10 heteroatoms. The van der Waals surface area contributed by atoms with Gasteiger partial charge in [0.1, 0.15) is 5.52 Å². The van der Waals surface area contributed by atoms with Crippen LogP contribution in [0.3, 0.4) is 0 Å². The molecule has 0 aliphatic heterocycles. The van der Waals surface area contributed by atoms with Crippen molar-refractivity contribution in [1.82, 2.24) is 29.5 Å². The molecular weight excluding hydrogens is 586 g/mol. The van der Waals surface area contributed by atoms with Crippen LogP contribution in [0.2, 0.25) is 5.02 Å². The summed E-state index contributed by atoms with van der Waals surface area (Å²) in [5.41, 5.74) is 9.19. The average Bonchev–Trinajstić information content (AvgIpc) is 3.47. The summed E-state index contributed by atoms with van der Waals surface area (Å²) < 4.78 is 1.62. The van der Waals surface area contributed by atoms with E-state index >= 15 is 0 Å². The van der Waals surface area contributed by atoms with E-state index in [1.54, 1.807) is 23.0 Å². The van der Waals surface area contributed by atoms with Crippen LogP contribution in [0.5, 0.6) is 0 Å². The van der Waals surface area contributed by atoms with Crippen LogP contribution in [0.4, 0.5) is 11.5 Å². The Hall–Kier alpha value is -4.41. The highest BCUT2D eigenvalue weighted by atomic mass is 35.5. The highest BCUT2D eigenvalue weighted by Gasteiger charge is 2.17. The van der Waals surface area contributed by atoms with Crippen molar-refractivity contribution in [2.75, 3.05) is 18.9 Å². The second-order valence-electron chi connectivity index (χ2n) is 11.5. The Morgan fingerprint density at radius 1 is 0.978 bits per heavy atom. The number of fused-ring (bicyclic) bond motifs is 2. The quantitative estimate of drug-likeness (QED) is 0.155. The number of anilines is 2. The van der Waals surface area contributed by atoms with Crippen molar-refractivity contribution in [3.8, 4) is 22.5 Å². The number of aromatic nitrogens is 5. The molecule has 1 atom stereocenters. The van der Waals surface area contributed by atoms with Gasteiger partial charge in [-0.1, -0.05) is 48.9 Å². The molecule has 6 aromatic rings. The van der Waals surface area contributed by atoms with E-state index in [0.29, 0.717) is 41.0 Å². The molecule has 2 aromatic carbocycles. The van der Waals surface area contributed by atoms with Gasteiger partial charge in [-0.15, -0.1) is 5.10 Å². The lowest BCUT2D eigenvalue weighted by molar-refractivity contribution is 0.119. The van der Waals surface area contributed by atoms with E-state index in [9.17, 15) is 10.2 Å². The lowest BCUT2D eigenvalue weighted by Crippen LogP contribution is -2.28. The number of benzene rings is 2. The number of nitrogens with one attached hydrogen (secondary N) is 1. The fourth-order valence-corrected chi connectivity index (χ4v) is 5.98. The van der Waals surface area contributed by atoms with E-state index in [4.69, 9.17) is 21.6 Å². The zero-order valence-electron chi connectivity index (χ0n) is 25.8. The molecule has 4 heterocycles. The van der Waals surface area contributed by atoms with E-state index in [0.717, 1.165) is 56.4 Å². The van der Waals surface area contributed by atoms with Gasteiger partial charge in [0.15, 0.2) is 17.3 Å². The van der Waals surface area contributed by atoms with Crippen LogP contribution in [0.1, 0.15) is 35.6 Å². The van der Waals surface area contributed by atoms with Crippen molar-refractivity contribution in [2.45, 2.75) is 46.4 Å². The molecule has 4 aromatic heterocycles. The fourth-order valence-electron chi connectivity index (χ4n) is 5.71. The lowest BCUT2D eigenvalue weighted by Gasteiger charge is -2.20. The third-order valence-corrected chi connectivity index (χ3v) is 8.46. The van der Waals surface area contributed by atoms with E-state index in [1.165, 1.54) is 0 Å². The van der Waals surface area contributed by atoms with Gasteiger partial charge in [0.05, 0.1) is 17.7 Å². The Kier molecular flexibility index (Phi) is 8.78. The molecule has 0 aliphatic rings. The Labute approximate surface area is 267 Å². The molecule has 6 rings (SSSR count). The molecule has 45 heavy (non-hydrogen) atoms. The molecule has 230 valence electrons. The van der Waals surface area contributed by atoms with Crippen molar-refractivity contribution < 1.29 is 10.2 Å². The van der Waals surface area contributed by atoms with Crippen molar-refractivity contribution in [2.24, 2.45) is 0 Å². The number of aliphatic hydroxyl groups excluding tert-OH is 2. The number of halogens is 1. The Bertz CT molecular complexity index is 2010. The first kappa shape index (κ1) is 30.6. The van der Waals surface area contributed by atoms with Crippen LogP contribution in [-0.4, -0.2) is 59.4 Å². The van der Waals surface area contributed by atoms with Gasteiger partial charge in [0.25, 0.3) is 0 Å².